The molecule has 1 atom stereocenters. The number of nitrogens with zero attached hydrogens (tertiary/aromatic N) is 2. The van der Waals surface area contributed by atoms with Crippen molar-refractivity contribution in [1.82, 2.24) is 10.2 Å². The Hall–Kier alpha value is -0.220. The van der Waals surface area contributed by atoms with Gasteiger partial charge >= 0.3 is 0 Å². The van der Waals surface area contributed by atoms with Crippen molar-refractivity contribution in [1.29, 1.82) is 0 Å². The molecule has 0 aliphatic carbocycles. The van der Waals surface area contributed by atoms with Crippen molar-refractivity contribution < 1.29 is 0 Å². The summed E-state index contributed by atoms with van der Waals surface area (Å²) in [6.45, 7) is 6.76. The summed E-state index contributed by atoms with van der Waals surface area (Å²) in [4.78, 5) is 7.09. The Morgan fingerprint density at radius 3 is 2.86 bits per heavy atom. The molecule has 2 aliphatic heterocycles. The van der Waals surface area contributed by atoms with E-state index in [1.165, 1.54) is 13.0 Å². The zero-order valence-corrected chi connectivity index (χ0v) is 10.0. The Kier molecular flexibility index (Phi) is 2.75. The van der Waals surface area contributed by atoms with Crippen molar-refractivity contribution in [3.05, 3.63) is 0 Å². The molecule has 0 amide bonds. The molecule has 0 spiro atoms. The topological polar surface area (TPSA) is 27.6 Å². The van der Waals surface area contributed by atoms with Gasteiger partial charge in [0.25, 0.3) is 0 Å². The summed E-state index contributed by atoms with van der Waals surface area (Å²) in [6.07, 6.45) is 1.21. The summed E-state index contributed by atoms with van der Waals surface area (Å²) >= 11 is 1.86. The van der Waals surface area contributed by atoms with Gasteiger partial charge < -0.3 is 10.2 Å². The van der Waals surface area contributed by atoms with E-state index in [-0.39, 0.29) is 5.54 Å². The Bertz CT molecular complexity index is 250. The first-order valence-corrected chi connectivity index (χ1v) is 6.21. The largest absolute Gasteiger partial charge is 0.359 e. The number of hydrogen-bond acceptors (Lipinski definition) is 3. The van der Waals surface area contributed by atoms with E-state index in [1.54, 1.807) is 0 Å². The highest BCUT2D eigenvalue weighted by Gasteiger charge is 2.28. The minimum Gasteiger partial charge on any atom is -0.359 e. The van der Waals surface area contributed by atoms with Crippen LogP contribution >= 0.6 is 11.8 Å². The lowest BCUT2D eigenvalue weighted by Crippen LogP contribution is -2.37. The Morgan fingerprint density at radius 2 is 2.36 bits per heavy atom. The zero-order chi connectivity index (χ0) is 10.2. The fourth-order valence-electron chi connectivity index (χ4n) is 1.86. The molecular formula is C10H19N3S. The minimum atomic E-state index is 0.230. The second-order valence-electron chi connectivity index (χ2n) is 4.94. The second kappa shape index (κ2) is 3.74. The van der Waals surface area contributed by atoms with Gasteiger partial charge in [0, 0.05) is 17.8 Å². The van der Waals surface area contributed by atoms with E-state index in [4.69, 9.17) is 4.99 Å². The third kappa shape index (κ3) is 2.42. The minimum absolute atomic E-state index is 0.230. The maximum atomic E-state index is 4.75. The first kappa shape index (κ1) is 10.3. The lowest BCUT2D eigenvalue weighted by atomic mass is 10.1. The van der Waals surface area contributed by atoms with E-state index in [9.17, 15) is 0 Å². The summed E-state index contributed by atoms with van der Waals surface area (Å²) in [5.41, 5.74) is 0.230. The maximum absolute atomic E-state index is 4.75. The van der Waals surface area contributed by atoms with E-state index in [2.05, 4.69) is 31.1 Å². The summed E-state index contributed by atoms with van der Waals surface area (Å²) in [7, 11) is 2.17. The molecule has 1 unspecified atom stereocenters. The molecule has 0 bridgehead atoms. The van der Waals surface area contributed by atoms with Gasteiger partial charge in [-0.15, -0.1) is 0 Å². The Labute approximate surface area is 90.3 Å². The van der Waals surface area contributed by atoms with Gasteiger partial charge in [-0.1, -0.05) is 11.8 Å². The highest BCUT2D eigenvalue weighted by Crippen LogP contribution is 2.23. The number of likely N-dealkylation sites (tertiary alicyclic amines) is 1. The van der Waals surface area contributed by atoms with Crippen LogP contribution in [0, 0.1) is 0 Å². The molecule has 14 heavy (non-hydrogen) atoms. The van der Waals surface area contributed by atoms with Crippen molar-refractivity contribution in [3.8, 4) is 0 Å². The van der Waals surface area contributed by atoms with E-state index >= 15 is 0 Å². The summed E-state index contributed by atoms with van der Waals surface area (Å²) in [5, 5.41) is 4.61. The Morgan fingerprint density at radius 1 is 1.57 bits per heavy atom. The number of thioether (sulfide) groups is 1. The highest BCUT2D eigenvalue weighted by atomic mass is 32.2. The van der Waals surface area contributed by atoms with Crippen molar-refractivity contribution >= 4 is 16.9 Å². The van der Waals surface area contributed by atoms with E-state index in [1.807, 2.05) is 11.8 Å². The molecule has 0 aromatic rings. The number of likely N-dealkylation sites (N-methyl/N-ethyl adjacent to an activating group) is 1. The third-order valence-corrected chi connectivity index (χ3v) is 4.03. The number of rotatable bonds is 1. The van der Waals surface area contributed by atoms with Crippen molar-refractivity contribution in [2.45, 2.75) is 31.8 Å². The number of amidine groups is 1. The van der Waals surface area contributed by atoms with E-state index in [0.717, 1.165) is 17.5 Å². The monoisotopic (exact) mass is 213 g/mol. The quantitative estimate of drug-likeness (QED) is 0.708. The van der Waals surface area contributed by atoms with Crippen molar-refractivity contribution in [3.63, 3.8) is 0 Å². The maximum Gasteiger partial charge on any atom is 0.157 e. The number of nitrogens with one attached hydrogen (secondary N) is 1. The molecule has 0 aromatic carbocycles. The molecule has 2 rings (SSSR count). The highest BCUT2D eigenvalue weighted by molar-refractivity contribution is 8.14. The molecule has 0 radical (unpaired) electrons. The first-order valence-electron chi connectivity index (χ1n) is 5.22. The van der Waals surface area contributed by atoms with Crippen LogP contribution in [0.25, 0.3) is 0 Å². The molecule has 1 N–H and O–H groups in total. The molecule has 2 saturated heterocycles. The van der Waals surface area contributed by atoms with Crippen LogP contribution in [0.3, 0.4) is 0 Å². The fraction of sp³-hybridized carbons (Fsp3) is 0.900. The first-order chi connectivity index (χ1) is 6.55. The molecule has 0 saturated carbocycles. The van der Waals surface area contributed by atoms with Crippen LogP contribution in [-0.4, -0.2) is 47.5 Å². The van der Waals surface area contributed by atoms with Crippen LogP contribution in [0.1, 0.15) is 20.3 Å². The van der Waals surface area contributed by atoms with Crippen LogP contribution in [0.5, 0.6) is 0 Å². The predicted octanol–water partition coefficient (Wildman–Crippen LogP) is 1.16. The molecule has 2 heterocycles. The van der Waals surface area contributed by atoms with Crippen LogP contribution < -0.4 is 5.32 Å². The molecule has 3 nitrogen and oxygen atoms in total. The predicted molar refractivity (Wildman–Crippen MR) is 63.0 cm³/mol. The Balaban J connectivity index is 1.93. The van der Waals surface area contributed by atoms with Gasteiger partial charge in [0.1, 0.15) is 0 Å². The van der Waals surface area contributed by atoms with Crippen LogP contribution in [-0.2, 0) is 0 Å². The second-order valence-corrected chi connectivity index (χ2v) is 5.90. The molecule has 80 valence electrons. The summed E-state index contributed by atoms with van der Waals surface area (Å²) in [5.74, 6) is 1.13. The average molecular weight is 213 g/mol. The van der Waals surface area contributed by atoms with Gasteiger partial charge in [-0.05, 0) is 33.9 Å². The standard InChI is InChI=1S/C10H19N3S/c1-10(2)7-14-9(12-10)11-8-4-5-13(3)6-8/h8H,4-7H2,1-3H3,(H,11,12). The molecule has 2 fully saturated rings. The third-order valence-electron chi connectivity index (χ3n) is 2.68. The summed E-state index contributed by atoms with van der Waals surface area (Å²) in [6, 6.07) is 0.517. The summed E-state index contributed by atoms with van der Waals surface area (Å²) < 4.78 is 0. The normalized spacial score (nSPS) is 35.1. The SMILES string of the molecule is CN1CCC(N=C2NC(C)(C)CS2)C1. The fourth-order valence-corrected chi connectivity index (χ4v) is 3.00. The van der Waals surface area contributed by atoms with Gasteiger partial charge in [-0.25, -0.2) is 0 Å². The van der Waals surface area contributed by atoms with E-state index in [0.29, 0.717) is 6.04 Å². The van der Waals surface area contributed by atoms with Gasteiger partial charge in [0.15, 0.2) is 5.17 Å². The lowest BCUT2D eigenvalue weighted by molar-refractivity contribution is 0.411. The average Bonchev–Trinajstić information content (AvgIpc) is 2.59. The van der Waals surface area contributed by atoms with Gasteiger partial charge in [0.05, 0.1) is 6.04 Å². The van der Waals surface area contributed by atoms with Crippen molar-refractivity contribution in [2.75, 3.05) is 25.9 Å². The molecule has 4 heteroatoms. The smallest absolute Gasteiger partial charge is 0.157 e. The van der Waals surface area contributed by atoms with Gasteiger partial charge in [0.2, 0.25) is 0 Å². The van der Waals surface area contributed by atoms with Gasteiger partial charge in [-0.3, -0.25) is 4.99 Å². The van der Waals surface area contributed by atoms with Crippen LogP contribution in [0.4, 0.5) is 0 Å². The lowest BCUT2D eigenvalue weighted by Gasteiger charge is -2.16. The molecule has 2 aliphatic rings. The van der Waals surface area contributed by atoms with Crippen molar-refractivity contribution in [2.24, 2.45) is 4.99 Å². The molecule has 0 aromatic heterocycles. The molecular weight excluding hydrogens is 194 g/mol. The van der Waals surface area contributed by atoms with E-state index < -0.39 is 0 Å². The number of hydrogen-bond donors (Lipinski definition) is 1. The van der Waals surface area contributed by atoms with Gasteiger partial charge in [-0.2, -0.15) is 0 Å². The van der Waals surface area contributed by atoms with Crippen LogP contribution in [0.2, 0.25) is 0 Å². The number of aliphatic imine (C=N–C) groups is 1. The van der Waals surface area contributed by atoms with Crippen LogP contribution in [0.15, 0.2) is 4.99 Å². The zero-order valence-electron chi connectivity index (χ0n) is 9.21.